The van der Waals surface area contributed by atoms with Gasteiger partial charge in [0.2, 0.25) is 0 Å². The second-order valence-corrected chi connectivity index (χ2v) is 6.81. The normalized spacial score (nSPS) is 10.7. The molecule has 0 spiro atoms. The number of methoxy groups -OCH3 is 1. The van der Waals surface area contributed by atoms with Crippen LogP contribution in [0.4, 0.5) is 4.39 Å². The molecule has 0 bridgehead atoms. The average Bonchev–Trinajstić information content (AvgIpc) is 3.03. The van der Waals surface area contributed by atoms with Gasteiger partial charge in [-0.15, -0.1) is 16.8 Å². The lowest BCUT2D eigenvalue weighted by Crippen LogP contribution is -2.02. The molecule has 0 aliphatic heterocycles. The molecule has 0 N–H and O–H groups in total. The summed E-state index contributed by atoms with van der Waals surface area (Å²) in [6.07, 6.45) is 1.73. The fraction of sp³-hybridized carbons (Fsp3) is 0.158. The number of aromatic nitrogens is 3. The Hall–Kier alpha value is -2.31. The van der Waals surface area contributed by atoms with Gasteiger partial charge in [0.15, 0.2) is 11.0 Å². The first-order valence-corrected chi connectivity index (χ1v) is 9.24. The van der Waals surface area contributed by atoms with Crippen LogP contribution in [0.3, 0.4) is 0 Å². The SMILES string of the molecule is C=CCn1c(SCc2cc(Cl)ccc2OC)nnc1-c1ccccc1F. The Morgan fingerprint density at radius 1 is 1.27 bits per heavy atom. The molecule has 2 aromatic carbocycles. The van der Waals surface area contributed by atoms with Gasteiger partial charge in [-0.3, -0.25) is 4.57 Å². The van der Waals surface area contributed by atoms with Crippen molar-refractivity contribution in [3.63, 3.8) is 0 Å². The molecular weight excluding hydrogens is 373 g/mol. The van der Waals surface area contributed by atoms with E-state index in [-0.39, 0.29) is 5.82 Å². The fourth-order valence-corrected chi connectivity index (χ4v) is 3.65. The van der Waals surface area contributed by atoms with Gasteiger partial charge in [-0.05, 0) is 30.3 Å². The highest BCUT2D eigenvalue weighted by molar-refractivity contribution is 7.98. The predicted molar refractivity (Wildman–Crippen MR) is 103 cm³/mol. The maximum Gasteiger partial charge on any atom is 0.192 e. The second kappa shape index (κ2) is 8.38. The van der Waals surface area contributed by atoms with Gasteiger partial charge in [-0.1, -0.05) is 41.6 Å². The van der Waals surface area contributed by atoms with Crippen LogP contribution >= 0.6 is 23.4 Å². The van der Waals surface area contributed by atoms with Crippen LogP contribution in [0, 0.1) is 5.82 Å². The number of ether oxygens (including phenoxy) is 1. The third-order valence-corrected chi connectivity index (χ3v) is 4.99. The minimum absolute atomic E-state index is 0.335. The van der Waals surface area contributed by atoms with Crippen molar-refractivity contribution in [3.05, 3.63) is 71.5 Å². The van der Waals surface area contributed by atoms with E-state index in [9.17, 15) is 4.39 Å². The number of hydrogen-bond acceptors (Lipinski definition) is 4. The summed E-state index contributed by atoms with van der Waals surface area (Å²) in [6, 6.07) is 12.0. The summed E-state index contributed by atoms with van der Waals surface area (Å²) in [5, 5.41) is 9.73. The zero-order valence-corrected chi connectivity index (χ0v) is 15.7. The summed E-state index contributed by atoms with van der Waals surface area (Å²) in [5.74, 6) is 1.49. The first-order chi connectivity index (χ1) is 12.6. The average molecular weight is 390 g/mol. The van der Waals surface area contributed by atoms with Crippen LogP contribution in [-0.4, -0.2) is 21.9 Å². The fourth-order valence-electron chi connectivity index (χ4n) is 2.53. The van der Waals surface area contributed by atoms with E-state index < -0.39 is 0 Å². The summed E-state index contributed by atoms with van der Waals surface area (Å²) in [6.45, 7) is 4.25. The lowest BCUT2D eigenvalue weighted by atomic mass is 10.2. The summed E-state index contributed by atoms with van der Waals surface area (Å²) >= 11 is 7.57. The summed E-state index contributed by atoms with van der Waals surface area (Å²) in [7, 11) is 1.62. The summed E-state index contributed by atoms with van der Waals surface area (Å²) in [5.41, 5.74) is 1.36. The van der Waals surface area contributed by atoms with Crippen molar-refractivity contribution in [1.82, 2.24) is 14.8 Å². The lowest BCUT2D eigenvalue weighted by Gasteiger charge is -2.10. The lowest BCUT2D eigenvalue weighted by molar-refractivity contribution is 0.411. The molecule has 0 aliphatic carbocycles. The van der Waals surface area contributed by atoms with Crippen molar-refractivity contribution in [2.24, 2.45) is 0 Å². The maximum atomic E-state index is 14.2. The first-order valence-electron chi connectivity index (χ1n) is 7.88. The highest BCUT2D eigenvalue weighted by Crippen LogP contribution is 2.31. The molecule has 4 nitrogen and oxygen atoms in total. The van der Waals surface area contributed by atoms with Crippen LogP contribution < -0.4 is 4.74 Å². The van der Waals surface area contributed by atoms with Crippen molar-refractivity contribution < 1.29 is 9.13 Å². The molecule has 0 unspecified atom stereocenters. The van der Waals surface area contributed by atoms with Crippen LogP contribution in [0.1, 0.15) is 5.56 Å². The van der Waals surface area contributed by atoms with Crippen LogP contribution in [0.25, 0.3) is 11.4 Å². The highest BCUT2D eigenvalue weighted by Gasteiger charge is 2.17. The van der Waals surface area contributed by atoms with Crippen LogP contribution in [-0.2, 0) is 12.3 Å². The van der Waals surface area contributed by atoms with Crippen molar-refractivity contribution in [1.29, 1.82) is 0 Å². The standard InChI is InChI=1S/C19H17ClFN3OS/c1-3-10-24-18(15-6-4-5-7-16(15)21)22-23-19(24)26-12-13-11-14(20)8-9-17(13)25-2/h3-9,11H,1,10,12H2,2H3. The molecular formula is C19H17ClFN3OS. The zero-order valence-electron chi connectivity index (χ0n) is 14.2. The van der Waals surface area contributed by atoms with Crippen molar-refractivity contribution >= 4 is 23.4 Å². The summed E-state index contributed by atoms with van der Waals surface area (Å²) in [4.78, 5) is 0. The number of nitrogens with zero attached hydrogens (tertiary/aromatic N) is 3. The van der Waals surface area contributed by atoms with Crippen molar-refractivity contribution in [3.8, 4) is 17.1 Å². The van der Waals surface area contributed by atoms with Gasteiger partial charge in [0.25, 0.3) is 0 Å². The minimum atomic E-state index is -0.335. The molecule has 0 saturated heterocycles. The summed E-state index contributed by atoms with van der Waals surface area (Å²) < 4.78 is 21.4. The topological polar surface area (TPSA) is 39.9 Å². The van der Waals surface area contributed by atoms with E-state index in [4.69, 9.17) is 16.3 Å². The van der Waals surface area contributed by atoms with Crippen LogP contribution in [0.5, 0.6) is 5.75 Å². The van der Waals surface area contributed by atoms with E-state index in [1.165, 1.54) is 17.8 Å². The molecule has 134 valence electrons. The Bertz CT molecular complexity index is 929. The van der Waals surface area contributed by atoms with Gasteiger partial charge >= 0.3 is 0 Å². The molecule has 7 heteroatoms. The number of rotatable bonds is 7. The molecule has 0 amide bonds. The number of thioether (sulfide) groups is 1. The molecule has 1 aromatic heterocycles. The molecule has 0 saturated carbocycles. The smallest absolute Gasteiger partial charge is 0.192 e. The number of halogens is 2. The third kappa shape index (κ3) is 3.92. The minimum Gasteiger partial charge on any atom is -0.496 e. The molecule has 26 heavy (non-hydrogen) atoms. The second-order valence-electron chi connectivity index (χ2n) is 5.43. The largest absolute Gasteiger partial charge is 0.496 e. The number of benzene rings is 2. The van der Waals surface area contributed by atoms with Gasteiger partial charge in [0, 0.05) is 22.9 Å². The quantitative estimate of drug-likeness (QED) is 0.410. The van der Waals surface area contributed by atoms with E-state index >= 15 is 0 Å². The Labute approximate surface area is 160 Å². The van der Waals surface area contributed by atoms with Gasteiger partial charge in [-0.2, -0.15) is 0 Å². The van der Waals surface area contributed by atoms with Crippen LogP contribution in [0.15, 0.2) is 60.3 Å². The molecule has 0 aliphatic rings. The maximum absolute atomic E-state index is 14.2. The first kappa shape index (κ1) is 18.5. The number of allylic oxidation sites excluding steroid dienone is 1. The van der Waals surface area contributed by atoms with Crippen LogP contribution in [0.2, 0.25) is 5.02 Å². The highest BCUT2D eigenvalue weighted by atomic mass is 35.5. The zero-order chi connectivity index (χ0) is 18.5. The van der Waals surface area contributed by atoms with Gasteiger partial charge in [0.1, 0.15) is 11.6 Å². The Balaban J connectivity index is 1.91. The van der Waals surface area contributed by atoms with Gasteiger partial charge < -0.3 is 4.74 Å². The Morgan fingerprint density at radius 2 is 2.08 bits per heavy atom. The van der Waals surface area contributed by atoms with Gasteiger partial charge in [-0.25, -0.2) is 4.39 Å². The molecule has 3 aromatic rings. The number of hydrogen-bond donors (Lipinski definition) is 0. The van der Waals surface area contributed by atoms with Crippen molar-refractivity contribution in [2.45, 2.75) is 17.5 Å². The Kier molecular flexibility index (Phi) is 5.96. The van der Waals surface area contributed by atoms with Gasteiger partial charge in [0.05, 0.1) is 12.7 Å². The molecule has 3 rings (SSSR count). The molecule has 1 heterocycles. The molecule has 0 atom stereocenters. The van der Waals surface area contributed by atoms with E-state index in [2.05, 4.69) is 16.8 Å². The molecule has 0 radical (unpaired) electrons. The predicted octanol–water partition coefficient (Wildman–Crippen LogP) is 5.22. The molecule has 0 fully saturated rings. The third-order valence-electron chi connectivity index (χ3n) is 3.74. The van der Waals surface area contributed by atoms with E-state index in [1.54, 1.807) is 37.5 Å². The monoisotopic (exact) mass is 389 g/mol. The van der Waals surface area contributed by atoms with E-state index in [0.717, 1.165) is 11.3 Å². The van der Waals surface area contributed by atoms with E-state index in [1.807, 2.05) is 16.7 Å². The van der Waals surface area contributed by atoms with Crippen molar-refractivity contribution in [2.75, 3.05) is 7.11 Å². The van der Waals surface area contributed by atoms with E-state index in [0.29, 0.717) is 33.9 Å². The Morgan fingerprint density at radius 3 is 2.81 bits per heavy atom.